The van der Waals surface area contributed by atoms with Gasteiger partial charge in [0.05, 0.1) is 0 Å². The smallest absolute Gasteiger partial charge is 0.0325 e. The van der Waals surface area contributed by atoms with E-state index in [0.29, 0.717) is 18.1 Å². The van der Waals surface area contributed by atoms with Gasteiger partial charge in [0, 0.05) is 24.7 Å². The fourth-order valence-corrected chi connectivity index (χ4v) is 3.19. The summed E-state index contributed by atoms with van der Waals surface area (Å²) in [5.41, 5.74) is 10.3. The van der Waals surface area contributed by atoms with Crippen LogP contribution in [0.2, 0.25) is 0 Å². The highest BCUT2D eigenvalue weighted by atomic mass is 15.2. The summed E-state index contributed by atoms with van der Waals surface area (Å²) < 4.78 is 0. The third kappa shape index (κ3) is 2.76. The Morgan fingerprint density at radius 2 is 2.06 bits per heavy atom. The first-order valence-electron chi connectivity index (χ1n) is 7.07. The zero-order valence-corrected chi connectivity index (χ0v) is 12.1. The predicted octanol–water partition coefficient (Wildman–Crippen LogP) is 3.18. The minimum Gasteiger partial charge on any atom is -0.328 e. The van der Waals surface area contributed by atoms with Crippen LogP contribution in [0.3, 0.4) is 0 Å². The van der Waals surface area contributed by atoms with Gasteiger partial charge in [-0.15, -0.1) is 0 Å². The Morgan fingerprint density at radius 1 is 1.33 bits per heavy atom. The van der Waals surface area contributed by atoms with Gasteiger partial charge in [0.2, 0.25) is 0 Å². The van der Waals surface area contributed by atoms with Crippen LogP contribution in [0.1, 0.15) is 49.4 Å². The number of likely N-dealkylation sites (tertiary alicyclic amines) is 1. The number of benzene rings is 1. The fourth-order valence-electron chi connectivity index (χ4n) is 3.19. The maximum Gasteiger partial charge on any atom is 0.0325 e. The Morgan fingerprint density at radius 3 is 2.72 bits per heavy atom. The lowest BCUT2D eigenvalue weighted by molar-refractivity contribution is 0.104. The summed E-state index contributed by atoms with van der Waals surface area (Å²) in [6, 6.07) is 8.24. The Bertz CT molecular complexity index is 414. The van der Waals surface area contributed by atoms with Crippen LogP contribution >= 0.6 is 0 Å². The summed E-state index contributed by atoms with van der Waals surface area (Å²) in [6.07, 6.45) is 2.24. The second-order valence-electron chi connectivity index (χ2n) is 5.91. The molecular formula is C16H26N2. The molecule has 3 atom stereocenters. The van der Waals surface area contributed by atoms with Gasteiger partial charge in [-0.1, -0.05) is 23.8 Å². The largest absolute Gasteiger partial charge is 0.328 e. The van der Waals surface area contributed by atoms with Gasteiger partial charge in [-0.2, -0.15) is 0 Å². The molecule has 2 rings (SSSR count). The number of rotatable bonds is 2. The highest BCUT2D eigenvalue weighted by molar-refractivity contribution is 5.32. The maximum atomic E-state index is 6.05. The summed E-state index contributed by atoms with van der Waals surface area (Å²) in [7, 11) is 0. The topological polar surface area (TPSA) is 29.3 Å². The van der Waals surface area contributed by atoms with Crippen LogP contribution in [0.5, 0.6) is 0 Å². The number of hydrogen-bond donors (Lipinski definition) is 1. The minimum absolute atomic E-state index is 0.391. The van der Waals surface area contributed by atoms with Crippen molar-refractivity contribution < 1.29 is 0 Å². The van der Waals surface area contributed by atoms with Crippen LogP contribution in [-0.4, -0.2) is 23.5 Å². The molecule has 2 nitrogen and oxygen atoms in total. The van der Waals surface area contributed by atoms with Crippen LogP contribution in [0, 0.1) is 13.8 Å². The van der Waals surface area contributed by atoms with E-state index in [2.05, 4.69) is 50.8 Å². The van der Waals surface area contributed by atoms with E-state index in [4.69, 9.17) is 5.73 Å². The molecule has 0 bridgehead atoms. The predicted molar refractivity (Wildman–Crippen MR) is 77.7 cm³/mol. The summed E-state index contributed by atoms with van der Waals surface area (Å²) in [5, 5.41) is 0. The average Bonchev–Trinajstić information content (AvgIpc) is 2.31. The molecule has 2 heteroatoms. The van der Waals surface area contributed by atoms with Crippen LogP contribution in [-0.2, 0) is 0 Å². The SMILES string of the molecule is Cc1ccc(C)c(C(C)N2CCC(N)CC2C)c1. The molecule has 1 aliphatic rings. The van der Waals surface area contributed by atoms with Gasteiger partial charge in [0.1, 0.15) is 0 Å². The monoisotopic (exact) mass is 246 g/mol. The summed E-state index contributed by atoms with van der Waals surface area (Å²) in [6.45, 7) is 10.1. The first kappa shape index (κ1) is 13.6. The van der Waals surface area contributed by atoms with E-state index in [1.165, 1.54) is 16.7 Å². The zero-order chi connectivity index (χ0) is 13.3. The molecule has 1 aromatic carbocycles. The Labute approximate surface area is 111 Å². The highest BCUT2D eigenvalue weighted by Gasteiger charge is 2.28. The van der Waals surface area contributed by atoms with Crippen LogP contribution in [0.15, 0.2) is 18.2 Å². The van der Waals surface area contributed by atoms with Crippen molar-refractivity contribution in [1.29, 1.82) is 0 Å². The van der Waals surface area contributed by atoms with Gasteiger partial charge in [-0.25, -0.2) is 0 Å². The van der Waals surface area contributed by atoms with Crippen molar-refractivity contribution in [2.45, 2.75) is 58.7 Å². The summed E-state index contributed by atoms with van der Waals surface area (Å²) in [5.74, 6) is 0. The zero-order valence-electron chi connectivity index (χ0n) is 12.1. The first-order valence-corrected chi connectivity index (χ1v) is 7.07. The average molecular weight is 246 g/mol. The Balaban J connectivity index is 2.20. The minimum atomic E-state index is 0.391. The van der Waals surface area contributed by atoms with Gasteiger partial charge in [0.15, 0.2) is 0 Å². The third-order valence-corrected chi connectivity index (χ3v) is 4.35. The van der Waals surface area contributed by atoms with Crippen molar-refractivity contribution in [1.82, 2.24) is 4.90 Å². The van der Waals surface area contributed by atoms with Crippen LogP contribution in [0.4, 0.5) is 0 Å². The molecule has 0 amide bonds. The molecule has 1 heterocycles. The number of nitrogens with zero attached hydrogens (tertiary/aromatic N) is 1. The lowest BCUT2D eigenvalue weighted by Crippen LogP contribution is -2.46. The Kier molecular flexibility index (Phi) is 4.08. The molecule has 3 unspecified atom stereocenters. The van der Waals surface area contributed by atoms with Gasteiger partial charge < -0.3 is 5.73 Å². The van der Waals surface area contributed by atoms with Crippen molar-refractivity contribution in [2.24, 2.45) is 5.73 Å². The quantitative estimate of drug-likeness (QED) is 0.868. The van der Waals surface area contributed by atoms with Crippen LogP contribution in [0.25, 0.3) is 0 Å². The molecule has 0 radical (unpaired) electrons. The molecular weight excluding hydrogens is 220 g/mol. The fraction of sp³-hybridized carbons (Fsp3) is 0.625. The lowest BCUT2D eigenvalue weighted by atomic mass is 9.93. The van der Waals surface area contributed by atoms with Gasteiger partial charge in [0.25, 0.3) is 0 Å². The molecule has 1 aliphatic heterocycles. The molecule has 2 N–H and O–H groups in total. The molecule has 1 saturated heterocycles. The van der Waals surface area contributed by atoms with Crippen molar-refractivity contribution >= 4 is 0 Å². The molecule has 0 aliphatic carbocycles. The standard InChI is InChI=1S/C16H26N2/c1-11-5-6-12(2)16(9-11)14(4)18-8-7-15(17)10-13(18)3/h5-6,9,13-15H,7-8,10,17H2,1-4H3. The number of hydrogen-bond acceptors (Lipinski definition) is 2. The van der Waals surface area contributed by atoms with Crippen molar-refractivity contribution in [3.05, 3.63) is 34.9 Å². The normalized spacial score (nSPS) is 27.2. The molecule has 0 saturated carbocycles. The summed E-state index contributed by atoms with van der Waals surface area (Å²) in [4.78, 5) is 2.60. The van der Waals surface area contributed by atoms with E-state index < -0.39 is 0 Å². The molecule has 0 spiro atoms. The Hall–Kier alpha value is -0.860. The van der Waals surface area contributed by atoms with E-state index >= 15 is 0 Å². The molecule has 100 valence electrons. The number of nitrogens with two attached hydrogens (primary N) is 1. The van der Waals surface area contributed by atoms with Crippen molar-refractivity contribution in [2.75, 3.05) is 6.54 Å². The molecule has 0 aromatic heterocycles. The second kappa shape index (κ2) is 5.41. The maximum absolute atomic E-state index is 6.05. The van der Waals surface area contributed by atoms with E-state index in [0.717, 1.165) is 19.4 Å². The van der Waals surface area contributed by atoms with E-state index in [-0.39, 0.29) is 0 Å². The van der Waals surface area contributed by atoms with E-state index in [9.17, 15) is 0 Å². The van der Waals surface area contributed by atoms with Gasteiger partial charge in [-0.3, -0.25) is 4.90 Å². The lowest BCUT2D eigenvalue weighted by Gasteiger charge is -2.41. The first-order chi connectivity index (χ1) is 8.49. The van der Waals surface area contributed by atoms with Crippen molar-refractivity contribution in [3.63, 3.8) is 0 Å². The van der Waals surface area contributed by atoms with Crippen LogP contribution < -0.4 is 5.73 Å². The third-order valence-electron chi connectivity index (χ3n) is 4.35. The second-order valence-corrected chi connectivity index (χ2v) is 5.91. The van der Waals surface area contributed by atoms with Gasteiger partial charge >= 0.3 is 0 Å². The van der Waals surface area contributed by atoms with Gasteiger partial charge in [-0.05, 0) is 51.7 Å². The number of aryl methyl sites for hydroxylation is 2. The molecule has 1 fully saturated rings. The molecule has 18 heavy (non-hydrogen) atoms. The van der Waals surface area contributed by atoms with E-state index in [1.54, 1.807) is 0 Å². The van der Waals surface area contributed by atoms with Crippen molar-refractivity contribution in [3.8, 4) is 0 Å². The molecule has 1 aromatic rings. The number of piperidine rings is 1. The summed E-state index contributed by atoms with van der Waals surface area (Å²) >= 11 is 0. The highest BCUT2D eigenvalue weighted by Crippen LogP contribution is 2.30. The van der Waals surface area contributed by atoms with E-state index in [1.807, 2.05) is 0 Å².